The fourth-order valence-corrected chi connectivity index (χ4v) is 2.47. The Hall–Kier alpha value is -0.220. The molecule has 0 fully saturated rings. The number of hydrogen-bond acceptors (Lipinski definition) is 3. The Morgan fingerprint density at radius 3 is 2.56 bits per heavy atom. The lowest BCUT2D eigenvalue weighted by Gasteiger charge is -2.27. The second-order valence-electron chi connectivity index (χ2n) is 4.42. The van der Waals surface area contributed by atoms with Crippen LogP contribution in [0.25, 0.3) is 0 Å². The number of carbonyl (C=O) groups is 1. The maximum absolute atomic E-state index is 11.3. The zero-order chi connectivity index (χ0) is 12.6. The third-order valence-electron chi connectivity index (χ3n) is 2.91. The third kappa shape index (κ3) is 5.75. The number of nitrogens with two attached hydrogens (primary N) is 1. The molecule has 0 spiro atoms. The first-order chi connectivity index (χ1) is 7.46. The summed E-state index contributed by atoms with van der Waals surface area (Å²) in [6, 6.07) is 0. The Morgan fingerprint density at radius 1 is 1.50 bits per heavy atom. The molecule has 0 aromatic heterocycles. The van der Waals surface area contributed by atoms with E-state index in [1.807, 2.05) is 25.6 Å². The summed E-state index contributed by atoms with van der Waals surface area (Å²) in [4.78, 5) is 11.3. The van der Waals surface area contributed by atoms with E-state index in [0.29, 0.717) is 5.25 Å². The lowest BCUT2D eigenvalue weighted by atomic mass is 9.95. The van der Waals surface area contributed by atoms with Crippen molar-refractivity contribution in [2.45, 2.75) is 57.7 Å². The molecular weight excluding hydrogens is 220 g/mol. The first kappa shape index (κ1) is 15.8. The number of nitrogens with one attached hydrogen (secondary N) is 1. The van der Waals surface area contributed by atoms with Crippen LogP contribution < -0.4 is 11.1 Å². The fraction of sp³-hybridized carbons (Fsp3) is 0.917. The molecule has 0 saturated heterocycles. The topological polar surface area (TPSA) is 55.1 Å². The van der Waals surface area contributed by atoms with Gasteiger partial charge in [-0.25, -0.2) is 0 Å². The van der Waals surface area contributed by atoms with Crippen LogP contribution in [0.15, 0.2) is 0 Å². The van der Waals surface area contributed by atoms with Crippen molar-refractivity contribution in [2.75, 3.05) is 12.3 Å². The summed E-state index contributed by atoms with van der Waals surface area (Å²) in [5.74, 6) is 0.853. The summed E-state index contributed by atoms with van der Waals surface area (Å²) in [7, 11) is 0. The van der Waals surface area contributed by atoms with Gasteiger partial charge in [0.2, 0.25) is 5.91 Å². The van der Waals surface area contributed by atoms with Gasteiger partial charge in [0, 0.05) is 5.25 Å². The molecule has 3 N–H and O–H groups in total. The summed E-state index contributed by atoms with van der Waals surface area (Å²) in [6.07, 6.45) is 3.05. The minimum Gasteiger partial charge on any atom is -0.368 e. The highest BCUT2D eigenvalue weighted by Crippen LogP contribution is 2.19. The number of thioether (sulfide) groups is 1. The third-order valence-corrected chi connectivity index (χ3v) is 4.34. The molecule has 0 heterocycles. The van der Waals surface area contributed by atoms with Gasteiger partial charge >= 0.3 is 0 Å². The fourth-order valence-electron chi connectivity index (χ4n) is 1.52. The number of primary amides is 1. The van der Waals surface area contributed by atoms with E-state index in [9.17, 15) is 4.79 Å². The molecule has 96 valence electrons. The molecule has 0 radical (unpaired) electrons. The Balaban J connectivity index is 3.90. The molecular formula is C12H26N2OS. The summed E-state index contributed by atoms with van der Waals surface area (Å²) < 4.78 is 0. The van der Waals surface area contributed by atoms with E-state index in [1.54, 1.807) is 0 Å². The molecule has 2 atom stereocenters. The number of amides is 1. The summed E-state index contributed by atoms with van der Waals surface area (Å²) in [5, 5.41) is 3.88. The highest BCUT2D eigenvalue weighted by molar-refractivity contribution is 7.99. The van der Waals surface area contributed by atoms with Gasteiger partial charge in [-0.1, -0.05) is 20.8 Å². The number of carbonyl (C=O) groups excluding carboxylic acids is 1. The molecule has 0 bridgehead atoms. The second-order valence-corrected chi connectivity index (χ2v) is 5.97. The molecule has 2 unspecified atom stereocenters. The van der Waals surface area contributed by atoms with Gasteiger partial charge < -0.3 is 11.1 Å². The minimum atomic E-state index is -0.537. The van der Waals surface area contributed by atoms with Crippen LogP contribution in [0.3, 0.4) is 0 Å². The number of likely N-dealkylation sites (N-methyl/N-ethyl adjacent to an activating group) is 1. The molecule has 0 aromatic carbocycles. The highest BCUT2D eigenvalue weighted by Gasteiger charge is 2.28. The largest absolute Gasteiger partial charge is 0.368 e. The van der Waals surface area contributed by atoms with Crippen LogP contribution in [0.5, 0.6) is 0 Å². The van der Waals surface area contributed by atoms with Gasteiger partial charge in [0.05, 0.1) is 5.54 Å². The predicted octanol–water partition coefficient (Wildman–Crippen LogP) is 2.15. The molecule has 1 amide bonds. The molecule has 16 heavy (non-hydrogen) atoms. The van der Waals surface area contributed by atoms with Gasteiger partial charge in [0.15, 0.2) is 0 Å². The van der Waals surface area contributed by atoms with E-state index >= 15 is 0 Å². The van der Waals surface area contributed by atoms with Crippen molar-refractivity contribution in [1.29, 1.82) is 0 Å². The lowest BCUT2D eigenvalue weighted by Crippen LogP contribution is -2.53. The first-order valence-corrected chi connectivity index (χ1v) is 7.17. The Kier molecular flexibility index (Phi) is 7.85. The van der Waals surface area contributed by atoms with E-state index in [-0.39, 0.29) is 5.91 Å². The van der Waals surface area contributed by atoms with Crippen molar-refractivity contribution in [2.24, 2.45) is 5.73 Å². The van der Waals surface area contributed by atoms with Gasteiger partial charge in [0.25, 0.3) is 0 Å². The van der Waals surface area contributed by atoms with Crippen molar-refractivity contribution in [3.8, 4) is 0 Å². The van der Waals surface area contributed by atoms with Gasteiger partial charge in [-0.3, -0.25) is 4.79 Å². The Bertz CT molecular complexity index is 211. The second kappa shape index (κ2) is 7.96. The molecule has 0 saturated carbocycles. The zero-order valence-electron chi connectivity index (χ0n) is 11.0. The van der Waals surface area contributed by atoms with Crippen LogP contribution in [-0.4, -0.2) is 29.0 Å². The average Bonchev–Trinajstić information content (AvgIpc) is 2.24. The monoisotopic (exact) mass is 246 g/mol. The van der Waals surface area contributed by atoms with Crippen LogP contribution in [-0.2, 0) is 4.79 Å². The van der Waals surface area contributed by atoms with Gasteiger partial charge in [0.1, 0.15) is 0 Å². The van der Waals surface area contributed by atoms with Crippen molar-refractivity contribution < 1.29 is 4.79 Å². The summed E-state index contributed by atoms with van der Waals surface area (Å²) in [6.45, 7) is 9.10. The van der Waals surface area contributed by atoms with Crippen molar-refractivity contribution >= 4 is 17.7 Å². The Morgan fingerprint density at radius 2 is 2.12 bits per heavy atom. The number of rotatable bonds is 9. The molecule has 0 aliphatic heterocycles. The van der Waals surface area contributed by atoms with Crippen LogP contribution in [0.1, 0.15) is 47.0 Å². The van der Waals surface area contributed by atoms with E-state index in [0.717, 1.165) is 25.1 Å². The molecule has 4 heteroatoms. The van der Waals surface area contributed by atoms with Gasteiger partial charge in [-0.05, 0) is 38.5 Å². The number of hydrogen-bond donors (Lipinski definition) is 2. The summed E-state index contributed by atoms with van der Waals surface area (Å²) >= 11 is 1.97. The van der Waals surface area contributed by atoms with Gasteiger partial charge in [-0.15, -0.1) is 0 Å². The average molecular weight is 246 g/mol. The molecule has 0 aliphatic carbocycles. The van der Waals surface area contributed by atoms with Crippen LogP contribution in [0, 0.1) is 0 Å². The van der Waals surface area contributed by atoms with E-state index in [4.69, 9.17) is 5.73 Å². The molecule has 3 nitrogen and oxygen atoms in total. The highest BCUT2D eigenvalue weighted by atomic mass is 32.2. The quantitative estimate of drug-likeness (QED) is 0.613. The summed E-state index contributed by atoms with van der Waals surface area (Å²) in [5.41, 5.74) is 4.88. The van der Waals surface area contributed by atoms with Gasteiger partial charge in [-0.2, -0.15) is 11.8 Å². The van der Waals surface area contributed by atoms with Crippen LogP contribution in [0.2, 0.25) is 0 Å². The van der Waals surface area contributed by atoms with Crippen molar-refractivity contribution in [3.63, 3.8) is 0 Å². The molecule has 0 aliphatic rings. The standard InChI is InChI=1S/C12H26N2OS/c1-5-10(3)16-9-7-8-12(4,11(13)15)14-6-2/h10,14H,5-9H2,1-4H3,(H2,13,15). The van der Waals surface area contributed by atoms with Crippen molar-refractivity contribution in [3.05, 3.63) is 0 Å². The predicted molar refractivity (Wildman–Crippen MR) is 72.7 cm³/mol. The Labute approximate surface area is 104 Å². The van der Waals surface area contributed by atoms with Crippen LogP contribution in [0.4, 0.5) is 0 Å². The normalized spacial score (nSPS) is 16.8. The SMILES string of the molecule is CCNC(C)(CCCSC(C)CC)C(N)=O. The van der Waals surface area contributed by atoms with Crippen LogP contribution >= 0.6 is 11.8 Å². The molecule has 0 rings (SSSR count). The van der Waals surface area contributed by atoms with Crippen molar-refractivity contribution in [1.82, 2.24) is 5.32 Å². The van der Waals surface area contributed by atoms with E-state index < -0.39 is 5.54 Å². The zero-order valence-corrected chi connectivity index (χ0v) is 11.8. The first-order valence-electron chi connectivity index (χ1n) is 6.12. The molecule has 0 aromatic rings. The lowest BCUT2D eigenvalue weighted by molar-refractivity contribution is -0.124. The smallest absolute Gasteiger partial charge is 0.237 e. The minimum absolute atomic E-state index is 0.247. The van der Waals surface area contributed by atoms with E-state index in [1.165, 1.54) is 6.42 Å². The van der Waals surface area contributed by atoms with E-state index in [2.05, 4.69) is 19.2 Å². The maximum atomic E-state index is 11.3. The maximum Gasteiger partial charge on any atom is 0.237 e.